The SMILES string of the molecule is NC(=O)c1n[nH]nc1-c1c(Cl)cc([N+](=O)[O-])cc1Cl. The number of amides is 1. The van der Waals surface area contributed by atoms with Crippen molar-refractivity contribution in [1.29, 1.82) is 0 Å². The van der Waals surface area contributed by atoms with Crippen LogP contribution in [0.3, 0.4) is 0 Å². The van der Waals surface area contributed by atoms with Crippen LogP contribution in [0, 0.1) is 10.1 Å². The molecular weight excluding hydrogens is 297 g/mol. The molecule has 0 atom stereocenters. The molecule has 19 heavy (non-hydrogen) atoms. The van der Waals surface area contributed by atoms with Gasteiger partial charge >= 0.3 is 0 Å². The fraction of sp³-hybridized carbons (Fsp3) is 0. The lowest BCUT2D eigenvalue weighted by atomic mass is 10.1. The van der Waals surface area contributed by atoms with Crippen LogP contribution in [0.4, 0.5) is 5.69 Å². The minimum atomic E-state index is -0.825. The number of hydrogen-bond acceptors (Lipinski definition) is 5. The van der Waals surface area contributed by atoms with E-state index in [4.69, 9.17) is 28.9 Å². The standard InChI is InChI=1S/C9H5Cl2N5O3/c10-4-1-3(16(18)19)2-5(11)6(4)7-8(9(12)17)14-15-13-7/h1-2H,(H2,12,17)(H,13,14,15). The van der Waals surface area contributed by atoms with Gasteiger partial charge in [-0.1, -0.05) is 23.2 Å². The summed E-state index contributed by atoms with van der Waals surface area (Å²) in [7, 11) is 0. The zero-order chi connectivity index (χ0) is 14.2. The molecule has 1 aromatic carbocycles. The monoisotopic (exact) mass is 301 g/mol. The molecule has 0 unspecified atom stereocenters. The molecule has 0 aliphatic carbocycles. The molecule has 1 amide bonds. The van der Waals surface area contributed by atoms with E-state index < -0.39 is 10.8 Å². The molecule has 0 aliphatic rings. The van der Waals surface area contributed by atoms with Crippen molar-refractivity contribution in [3.8, 4) is 11.3 Å². The average Bonchev–Trinajstić information content (AvgIpc) is 2.76. The Hall–Kier alpha value is -2.19. The van der Waals surface area contributed by atoms with Crippen molar-refractivity contribution < 1.29 is 9.72 Å². The quantitative estimate of drug-likeness (QED) is 0.659. The lowest BCUT2D eigenvalue weighted by Gasteiger charge is -2.04. The maximum absolute atomic E-state index is 11.2. The molecule has 0 bridgehead atoms. The van der Waals surface area contributed by atoms with E-state index in [0.29, 0.717) is 0 Å². The number of carbonyl (C=O) groups is 1. The van der Waals surface area contributed by atoms with Gasteiger partial charge in [-0.15, -0.1) is 0 Å². The van der Waals surface area contributed by atoms with E-state index in [2.05, 4.69) is 15.4 Å². The minimum absolute atomic E-state index is 0.0319. The number of rotatable bonds is 3. The van der Waals surface area contributed by atoms with E-state index >= 15 is 0 Å². The molecule has 0 saturated heterocycles. The summed E-state index contributed by atoms with van der Waals surface area (Å²) in [6.07, 6.45) is 0. The smallest absolute Gasteiger partial charge is 0.272 e. The third-order valence-electron chi connectivity index (χ3n) is 2.26. The highest BCUT2D eigenvalue weighted by Gasteiger charge is 2.22. The van der Waals surface area contributed by atoms with Crippen LogP contribution in [0.25, 0.3) is 11.3 Å². The Morgan fingerprint density at radius 2 is 1.89 bits per heavy atom. The van der Waals surface area contributed by atoms with Crippen molar-refractivity contribution in [3.05, 3.63) is 38.0 Å². The second kappa shape index (κ2) is 4.82. The number of H-pyrrole nitrogens is 1. The first-order chi connectivity index (χ1) is 8.91. The van der Waals surface area contributed by atoms with E-state index in [1.807, 2.05) is 0 Å². The Morgan fingerprint density at radius 1 is 1.32 bits per heavy atom. The summed E-state index contributed by atoms with van der Waals surface area (Å²) in [6.45, 7) is 0. The fourth-order valence-corrected chi connectivity index (χ4v) is 2.12. The molecule has 3 N–H and O–H groups in total. The van der Waals surface area contributed by atoms with Gasteiger partial charge in [-0.3, -0.25) is 14.9 Å². The zero-order valence-corrected chi connectivity index (χ0v) is 10.6. The van der Waals surface area contributed by atoms with Crippen LogP contribution in [0.1, 0.15) is 10.5 Å². The largest absolute Gasteiger partial charge is 0.364 e. The Balaban J connectivity index is 2.66. The van der Waals surface area contributed by atoms with Gasteiger partial charge in [0, 0.05) is 17.7 Å². The molecule has 0 saturated carbocycles. The van der Waals surface area contributed by atoms with Crippen molar-refractivity contribution in [2.24, 2.45) is 5.73 Å². The first-order valence-electron chi connectivity index (χ1n) is 4.76. The molecule has 2 aromatic rings. The zero-order valence-electron chi connectivity index (χ0n) is 9.05. The number of aromatic amines is 1. The predicted molar refractivity (Wildman–Crippen MR) is 67.0 cm³/mol. The number of benzene rings is 1. The molecule has 98 valence electrons. The number of nitrogens with two attached hydrogens (primary N) is 1. The Morgan fingerprint density at radius 3 is 2.37 bits per heavy atom. The van der Waals surface area contributed by atoms with Gasteiger partial charge in [-0.05, 0) is 0 Å². The number of non-ortho nitro benzene ring substituents is 1. The topological polar surface area (TPSA) is 128 Å². The maximum atomic E-state index is 11.2. The van der Waals surface area contributed by atoms with Gasteiger partial charge in [0.1, 0.15) is 5.69 Å². The summed E-state index contributed by atoms with van der Waals surface area (Å²) >= 11 is 11.8. The highest BCUT2D eigenvalue weighted by molar-refractivity contribution is 6.39. The van der Waals surface area contributed by atoms with Crippen molar-refractivity contribution in [3.63, 3.8) is 0 Å². The number of halogens is 2. The molecule has 2 rings (SSSR count). The van der Waals surface area contributed by atoms with Crippen LogP contribution in [0.5, 0.6) is 0 Å². The Labute approximate surface area is 115 Å². The lowest BCUT2D eigenvalue weighted by molar-refractivity contribution is -0.384. The van der Waals surface area contributed by atoms with Gasteiger partial charge in [-0.25, -0.2) is 0 Å². The van der Waals surface area contributed by atoms with Crippen LogP contribution in [-0.2, 0) is 0 Å². The van der Waals surface area contributed by atoms with E-state index in [1.54, 1.807) is 0 Å². The Bertz CT molecular complexity index is 661. The summed E-state index contributed by atoms with van der Waals surface area (Å²) in [5.41, 5.74) is 4.88. The van der Waals surface area contributed by atoms with Crippen molar-refractivity contribution in [2.45, 2.75) is 0 Å². The number of aromatic nitrogens is 3. The number of primary amides is 1. The molecule has 0 spiro atoms. The molecule has 8 nitrogen and oxygen atoms in total. The molecule has 1 heterocycles. The maximum Gasteiger partial charge on any atom is 0.272 e. The predicted octanol–water partition coefficient (Wildman–Crippen LogP) is 1.79. The Kier molecular flexibility index (Phi) is 3.36. The van der Waals surface area contributed by atoms with Gasteiger partial charge in [-0.2, -0.15) is 15.4 Å². The summed E-state index contributed by atoms with van der Waals surface area (Å²) in [5, 5.41) is 20.1. The summed E-state index contributed by atoms with van der Waals surface area (Å²) in [4.78, 5) is 21.2. The highest BCUT2D eigenvalue weighted by atomic mass is 35.5. The van der Waals surface area contributed by atoms with Crippen LogP contribution >= 0.6 is 23.2 Å². The van der Waals surface area contributed by atoms with E-state index in [9.17, 15) is 14.9 Å². The molecule has 0 radical (unpaired) electrons. The summed E-state index contributed by atoms with van der Waals surface area (Å²) in [6, 6.07) is 2.20. The van der Waals surface area contributed by atoms with Gasteiger partial charge in [0.15, 0.2) is 5.69 Å². The lowest BCUT2D eigenvalue weighted by Crippen LogP contribution is -2.13. The molecular formula is C9H5Cl2N5O3. The summed E-state index contributed by atoms with van der Waals surface area (Å²) in [5.74, 6) is -0.825. The normalized spacial score (nSPS) is 10.4. The van der Waals surface area contributed by atoms with Crippen LogP contribution in [-0.4, -0.2) is 26.2 Å². The number of nitro benzene ring substituents is 1. The van der Waals surface area contributed by atoms with Crippen LogP contribution in [0.15, 0.2) is 12.1 Å². The first kappa shape index (κ1) is 13.2. The third-order valence-corrected chi connectivity index (χ3v) is 2.85. The van der Waals surface area contributed by atoms with Crippen molar-refractivity contribution >= 4 is 34.8 Å². The van der Waals surface area contributed by atoms with Gasteiger partial charge in [0.05, 0.1) is 15.0 Å². The number of nitrogens with one attached hydrogen (secondary N) is 1. The second-order valence-corrected chi connectivity index (χ2v) is 4.24. The van der Waals surface area contributed by atoms with Gasteiger partial charge < -0.3 is 5.73 Å². The van der Waals surface area contributed by atoms with Crippen molar-refractivity contribution in [1.82, 2.24) is 15.4 Å². The molecule has 0 fully saturated rings. The fourth-order valence-electron chi connectivity index (χ4n) is 1.47. The van der Waals surface area contributed by atoms with Gasteiger partial charge in [0.25, 0.3) is 11.6 Å². The molecule has 0 aliphatic heterocycles. The van der Waals surface area contributed by atoms with Crippen molar-refractivity contribution in [2.75, 3.05) is 0 Å². The van der Waals surface area contributed by atoms with Gasteiger partial charge in [0.2, 0.25) is 0 Å². The van der Waals surface area contributed by atoms with E-state index in [0.717, 1.165) is 12.1 Å². The molecule has 10 heteroatoms. The average molecular weight is 302 g/mol. The second-order valence-electron chi connectivity index (χ2n) is 3.43. The third kappa shape index (κ3) is 2.35. The molecule has 1 aromatic heterocycles. The van der Waals surface area contributed by atoms with Crippen LogP contribution in [0.2, 0.25) is 10.0 Å². The number of hydrogen-bond donors (Lipinski definition) is 2. The number of nitrogens with zero attached hydrogens (tertiary/aromatic N) is 3. The van der Waals surface area contributed by atoms with E-state index in [-0.39, 0.29) is 32.7 Å². The highest BCUT2D eigenvalue weighted by Crippen LogP contribution is 2.37. The number of carbonyl (C=O) groups excluding carboxylic acids is 1. The first-order valence-corrected chi connectivity index (χ1v) is 5.51. The summed E-state index contributed by atoms with van der Waals surface area (Å²) < 4.78 is 0. The number of nitro groups is 1. The minimum Gasteiger partial charge on any atom is -0.364 e. The van der Waals surface area contributed by atoms with Crippen LogP contribution < -0.4 is 5.73 Å². The van der Waals surface area contributed by atoms with E-state index in [1.165, 1.54) is 0 Å².